The van der Waals surface area contributed by atoms with Gasteiger partial charge in [0.25, 0.3) is 5.91 Å². The molecule has 3 aromatic rings. The van der Waals surface area contributed by atoms with Crippen molar-refractivity contribution in [1.29, 1.82) is 0 Å². The number of aromatic nitrogens is 1. The Morgan fingerprint density at radius 2 is 1.90 bits per heavy atom. The molecule has 1 aromatic heterocycles. The first-order valence-electron chi connectivity index (χ1n) is 13.9. The summed E-state index contributed by atoms with van der Waals surface area (Å²) < 4.78 is 8.38. The van der Waals surface area contributed by atoms with E-state index in [2.05, 4.69) is 40.0 Å². The lowest BCUT2D eigenvalue weighted by Gasteiger charge is -2.44. The number of carbonyl (C=O) groups is 2. The highest BCUT2D eigenvalue weighted by atomic mass is 79.9. The van der Waals surface area contributed by atoms with Crippen LogP contribution in [0.3, 0.4) is 0 Å². The number of methoxy groups -OCH3 is 1. The summed E-state index contributed by atoms with van der Waals surface area (Å²) in [7, 11) is 1.63. The van der Waals surface area contributed by atoms with Crippen LogP contribution in [0.5, 0.6) is 5.75 Å². The molecule has 2 aromatic carbocycles. The topological polar surface area (TPSA) is 66.8 Å². The van der Waals surface area contributed by atoms with Crippen molar-refractivity contribution in [2.75, 3.05) is 33.3 Å². The molecule has 2 aliphatic heterocycles. The monoisotopic (exact) mass is 594 g/mol. The zero-order valence-electron chi connectivity index (χ0n) is 23.4. The van der Waals surface area contributed by atoms with E-state index >= 15 is 0 Å². The number of hydrogen-bond acceptors (Lipinski definition) is 4. The average molecular weight is 596 g/mol. The van der Waals surface area contributed by atoms with Crippen LogP contribution in [0.25, 0.3) is 10.9 Å². The van der Waals surface area contributed by atoms with Gasteiger partial charge in [-0.05, 0) is 74.0 Å². The highest BCUT2D eigenvalue weighted by Crippen LogP contribution is 2.35. The Bertz CT molecular complexity index is 1360. The third-order valence-electron chi connectivity index (χ3n) is 8.24. The molecule has 0 aliphatic carbocycles. The van der Waals surface area contributed by atoms with E-state index < -0.39 is 5.54 Å². The summed E-state index contributed by atoms with van der Waals surface area (Å²) >= 11 is 3.54. The van der Waals surface area contributed by atoms with Gasteiger partial charge in [-0.25, -0.2) is 0 Å². The van der Waals surface area contributed by atoms with Crippen LogP contribution in [0.15, 0.2) is 53.0 Å². The first-order chi connectivity index (χ1) is 18.7. The molecule has 2 aliphatic rings. The minimum absolute atomic E-state index is 0.123. The van der Waals surface area contributed by atoms with Crippen molar-refractivity contribution in [1.82, 2.24) is 19.7 Å². The van der Waals surface area contributed by atoms with Crippen molar-refractivity contribution in [2.45, 2.75) is 52.2 Å². The number of amides is 2. The Labute approximate surface area is 239 Å². The van der Waals surface area contributed by atoms with Gasteiger partial charge in [0.05, 0.1) is 19.2 Å². The molecule has 3 atom stereocenters. The van der Waals surface area contributed by atoms with E-state index in [4.69, 9.17) is 4.74 Å². The number of nitrogens with one attached hydrogen (secondary N) is 1. The molecule has 0 unspecified atom stereocenters. The maximum absolute atomic E-state index is 14.0. The lowest BCUT2D eigenvalue weighted by atomic mass is 9.92. The second kappa shape index (κ2) is 11.3. The summed E-state index contributed by atoms with van der Waals surface area (Å²) in [4.78, 5) is 32.2. The molecule has 0 radical (unpaired) electrons. The molecule has 1 N–H and O–H groups in total. The summed E-state index contributed by atoms with van der Waals surface area (Å²) in [5.74, 6) is 1.88. The van der Waals surface area contributed by atoms with E-state index in [1.54, 1.807) is 12.0 Å². The van der Waals surface area contributed by atoms with E-state index in [-0.39, 0.29) is 11.8 Å². The molecule has 5 rings (SSSR count). The second-order valence-electron chi connectivity index (χ2n) is 11.7. The van der Waals surface area contributed by atoms with E-state index in [1.165, 1.54) is 6.42 Å². The lowest BCUT2D eigenvalue weighted by Crippen LogP contribution is -2.63. The molecule has 208 valence electrons. The summed E-state index contributed by atoms with van der Waals surface area (Å²) in [6, 6.07) is 15.6. The number of carbonyl (C=O) groups excluding carboxylic acids is 2. The third-order valence-corrected chi connectivity index (χ3v) is 8.73. The number of halogens is 1. The molecule has 7 nitrogen and oxygen atoms in total. The first-order valence-corrected chi connectivity index (χ1v) is 14.7. The van der Waals surface area contributed by atoms with Crippen molar-refractivity contribution >= 4 is 38.6 Å². The SMILES string of the molecule is COc1ccc2cc3n(c2c1)C[C@](C)(C(=O)NCCCN1C[C@@H](C)C[C@H](C)C1)N(Cc1cccc(Br)c1)C3=O. The minimum atomic E-state index is -1.06. The van der Waals surface area contributed by atoms with Crippen LogP contribution >= 0.6 is 15.9 Å². The fraction of sp³-hybridized carbons (Fsp3) is 0.484. The van der Waals surface area contributed by atoms with E-state index in [1.807, 2.05) is 60.0 Å². The number of likely N-dealkylation sites (tertiary alicyclic amines) is 1. The molecule has 0 spiro atoms. The Balaban J connectivity index is 1.39. The van der Waals surface area contributed by atoms with Gasteiger partial charge in [-0.15, -0.1) is 0 Å². The third kappa shape index (κ3) is 5.73. The molecule has 8 heteroatoms. The normalized spacial score (nSPS) is 23.6. The molecule has 39 heavy (non-hydrogen) atoms. The van der Waals surface area contributed by atoms with Crippen LogP contribution < -0.4 is 10.1 Å². The molecular formula is C31H39BrN4O3. The summed E-state index contributed by atoms with van der Waals surface area (Å²) in [6.07, 6.45) is 2.17. The van der Waals surface area contributed by atoms with E-state index in [0.29, 0.717) is 37.2 Å². The van der Waals surface area contributed by atoms with Gasteiger partial charge in [0.2, 0.25) is 5.91 Å². The molecule has 0 saturated carbocycles. The van der Waals surface area contributed by atoms with Gasteiger partial charge >= 0.3 is 0 Å². The zero-order valence-corrected chi connectivity index (χ0v) is 25.0. The van der Waals surface area contributed by atoms with Crippen molar-refractivity contribution in [3.63, 3.8) is 0 Å². The van der Waals surface area contributed by atoms with Gasteiger partial charge in [-0.3, -0.25) is 9.59 Å². The molecule has 1 fully saturated rings. The number of fused-ring (bicyclic) bond motifs is 3. The van der Waals surface area contributed by atoms with Crippen molar-refractivity contribution < 1.29 is 14.3 Å². The summed E-state index contributed by atoms with van der Waals surface area (Å²) in [5.41, 5.74) is 1.39. The Morgan fingerprint density at radius 1 is 1.13 bits per heavy atom. The van der Waals surface area contributed by atoms with Crippen LogP contribution in [0.2, 0.25) is 0 Å². The fourth-order valence-electron chi connectivity index (χ4n) is 6.39. The maximum Gasteiger partial charge on any atom is 0.271 e. The molecule has 2 amide bonds. The highest BCUT2D eigenvalue weighted by molar-refractivity contribution is 9.10. The van der Waals surface area contributed by atoms with Crippen LogP contribution in [-0.4, -0.2) is 65.0 Å². The molecular weight excluding hydrogens is 556 g/mol. The highest BCUT2D eigenvalue weighted by Gasteiger charge is 2.47. The predicted molar refractivity (Wildman–Crippen MR) is 158 cm³/mol. The fourth-order valence-corrected chi connectivity index (χ4v) is 6.84. The minimum Gasteiger partial charge on any atom is -0.497 e. The van der Waals surface area contributed by atoms with Gasteiger partial charge in [0.1, 0.15) is 17.0 Å². The quantitative estimate of drug-likeness (QED) is 0.359. The van der Waals surface area contributed by atoms with Crippen LogP contribution in [0.1, 0.15) is 49.7 Å². The number of benzene rings is 2. The number of piperidine rings is 1. The number of ether oxygens (including phenoxy) is 1. The molecule has 1 saturated heterocycles. The first kappa shape index (κ1) is 27.7. The van der Waals surface area contributed by atoms with Crippen molar-refractivity contribution in [3.05, 3.63) is 64.3 Å². The zero-order chi connectivity index (χ0) is 27.7. The Morgan fingerprint density at radius 3 is 2.62 bits per heavy atom. The maximum atomic E-state index is 14.0. The Kier molecular flexibility index (Phi) is 8.06. The van der Waals surface area contributed by atoms with Gasteiger partial charge in [0, 0.05) is 42.1 Å². The molecule has 0 bridgehead atoms. The second-order valence-corrected chi connectivity index (χ2v) is 12.6. The number of hydrogen-bond donors (Lipinski definition) is 1. The molecule has 3 heterocycles. The van der Waals surface area contributed by atoms with Crippen molar-refractivity contribution in [2.24, 2.45) is 11.8 Å². The smallest absolute Gasteiger partial charge is 0.271 e. The summed E-state index contributed by atoms with van der Waals surface area (Å²) in [6.45, 7) is 11.0. The summed E-state index contributed by atoms with van der Waals surface area (Å²) in [5, 5.41) is 4.14. The predicted octanol–water partition coefficient (Wildman–Crippen LogP) is 5.31. The average Bonchev–Trinajstić information content (AvgIpc) is 3.26. The van der Waals surface area contributed by atoms with Crippen molar-refractivity contribution in [3.8, 4) is 5.75 Å². The Hall–Kier alpha value is -2.84. The van der Waals surface area contributed by atoms with Crippen LogP contribution in [-0.2, 0) is 17.9 Å². The lowest BCUT2D eigenvalue weighted by molar-refractivity contribution is -0.133. The standard InChI is InChI=1S/C31H39BrN4O3/c1-21-13-22(2)18-34(17-21)12-6-11-33-30(38)31(3)20-35-27-16-26(39-4)10-9-24(27)15-28(35)29(37)36(31)19-23-7-5-8-25(32)14-23/h5,7-10,14-16,21-22H,6,11-13,17-20H2,1-4H3,(H,33,38)/t21-,22-,31+/m0/s1. The van der Waals surface area contributed by atoms with Gasteiger partial charge in [-0.1, -0.05) is 41.9 Å². The number of rotatable bonds is 8. The van der Waals surface area contributed by atoms with Gasteiger partial charge in [-0.2, -0.15) is 0 Å². The van der Waals surface area contributed by atoms with Crippen LogP contribution in [0.4, 0.5) is 0 Å². The largest absolute Gasteiger partial charge is 0.497 e. The van der Waals surface area contributed by atoms with Gasteiger partial charge in [0.15, 0.2) is 0 Å². The number of nitrogens with zero attached hydrogens (tertiary/aromatic N) is 3. The van der Waals surface area contributed by atoms with Crippen LogP contribution in [0, 0.1) is 11.8 Å². The van der Waals surface area contributed by atoms with E-state index in [0.717, 1.165) is 52.7 Å². The van der Waals surface area contributed by atoms with E-state index in [9.17, 15) is 9.59 Å². The van der Waals surface area contributed by atoms with Gasteiger partial charge < -0.3 is 24.4 Å².